The van der Waals surface area contributed by atoms with Crippen molar-refractivity contribution in [1.82, 2.24) is 0 Å². The van der Waals surface area contributed by atoms with Gasteiger partial charge in [0, 0.05) is 5.56 Å². The minimum Gasteiger partial charge on any atom is -0.366 e. The van der Waals surface area contributed by atoms with E-state index >= 15 is 0 Å². The van der Waals surface area contributed by atoms with Crippen LogP contribution in [-0.4, -0.2) is 12.5 Å². The summed E-state index contributed by atoms with van der Waals surface area (Å²) in [6, 6.07) is 3.67. The molecule has 14 heavy (non-hydrogen) atoms. The lowest BCUT2D eigenvalue weighted by molar-refractivity contribution is 0.0999. The summed E-state index contributed by atoms with van der Waals surface area (Å²) >= 11 is 0. The van der Waals surface area contributed by atoms with Crippen LogP contribution >= 0.6 is 0 Å². The molecule has 0 aliphatic carbocycles. The number of primary amides is 1. The molecule has 0 aromatic heterocycles. The van der Waals surface area contributed by atoms with Gasteiger partial charge in [0.15, 0.2) is 0 Å². The largest absolute Gasteiger partial charge is 0.366 e. The van der Waals surface area contributed by atoms with Gasteiger partial charge in [-0.15, -0.1) is 0 Å². The van der Waals surface area contributed by atoms with Crippen molar-refractivity contribution < 1.29 is 9.18 Å². The van der Waals surface area contributed by atoms with Crippen LogP contribution in [0.5, 0.6) is 0 Å². The summed E-state index contributed by atoms with van der Waals surface area (Å²) < 4.78 is 12.7. The number of amides is 1. The quantitative estimate of drug-likeness (QED) is 0.625. The van der Waals surface area contributed by atoms with Gasteiger partial charge in [-0.25, -0.2) is 4.39 Å². The summed E-state index contributed by atoms with van der Waals surface area (Å²) in [7, 11) is 0. The Balaban J connectivity index is 3.22. The van der Waals surface area contributed by atoms with Gasteiger partial charge in [-0.3, -0.25) is 4.79 Å². The first-order chi connectivity index (χ1) is 6.65. The molecule has 0 radical (unpaired) electrons. The third-order valence-corrected chi connectivity index (χ3v) is 1.57. The van der Waals surface area contributed by atoms with Crippen LogP contribution in [0.3, 0.4) is 0 Å². The number of carbonyl (C=O) groups excluding carboxylic acids is 1. The van der Waals surface area contributed by atoms with Crippen LogP contribution in [0.15, 0.2) is 18.2 Å². The predicted molar refractivity (Wildman–Crippen MR) is 50.9 cm³/mol. The second kappa shape index (κ2) is 4.40. The summed E-state index contributed by atoms with van der Waals surface area (Å²) in [5.41, 5.74) is 10.7. The van der Waals surface area contributed by atoms with E-state index in [0.29, 0.717) is 5.56 Å². The monoisotopic (exact) mass is 192 g/mol. The third-order valence-electron chi connectivity index (χ3n) is 1.57. The fraction of sp³-hybridized carbons (Fsp3) is 0.100. The van der Waals surface area contributed by atoms with Crippen molar-refractivity contribution in [2.75, 3.05) is 6.54 Å². The van der Waals surface area contributed by atoms with E-state index in [1.807, 2.05) is 0 Å². The van der Waals surface area contributed by atoms with Crippen LogP contribution in [0.4, 0.5) is 4.39 Å². The standard InChI is InChI=1S/C10H9FN2O/c11-8-4-3-7(2-1-5-12)9(6-8)10(13)14/h3-4,6H,5,12H2,(H2,13,14). The van der Waals surface area contributed by atoms with Crippen LogP contribution in [0.2, 0.25) is 0 Å². The Kier molecular flexibility index (Phi) is 3.21. The average molecular weight is 192 g/mol. The zero-order valence-corrected chi connectivity index (χ0v) is 7.38. The van der Waals surface area contributed by atoms with Crippen LogP contribution in [0.25, 0.3) is 0 Å². The van der Waals surface area contributed by atoms with Crippen molar-refractivity contribution in [2.24, 2.45) is 11.5 Å². The number of halogens is 1. The fourth-order valence-corrected chi connectivity index (χ4v) is 0.976. The van der Waals surface area contributed by atoms with Gasteiger partial charge in [0.1, 0.15) is 5.82 Å². The Morgan fingerprint density at radius 3 is 2.79 bits per heavy atom. The highest BCUT2D eigenvalue weighted by Gasteiger charge is 2.07. The first-order valence-electron chi connectivity index (χ1n) is 3.93. The van der Waals surface area contributed by atoms with E-state index in [1.54, 1.807) is 0 Å². The number of carbonyl (C=O) groups is 1. The molecule has 0 saturated heterocycles. The Hall–Kier alpha value is -1.86. The minimum atomic E-state index is -0.703. The van der Waals surface area contributed by atoms with Gasteiger partial charge in [0.2, 0.25) is 5.91 Å². The van der Waals surface area contributed by atoms with Crippen LogP contribution in [0.1, 0.15) is 15.9 Å². The van der Waals surface area contributed by atoms with E-state index in [4.69, 9.17) is 11.5 Å². The van der Waals surface area contributed by atoms with E-state index in [-0.39, 0.29) is 12.1 Å². The highest BCUT2D eigenvalue weighted by molar-refractivity contribution is 5.95. The SMILES string of the molecule is NCC#Cc1ccc(F)cc1C(N)=O. The molecule has 0 spiro atoms. The van der Waals surface area contributed by atoms with Crippen LogP contribution in [-0.2, 0) is 0 Å². The molecule has 1 amide bonds. The molecule has 0 unspecified atom stereocenters. The summed E-state index contributed by atoms with van der Waals surface area (Å²) in [6.45, 7) is 0.176. The predicted octanol–water partition coefficient (Wildman–Crippen LogP) is 0.235. The number of rotatable bonds is 1. The molecule has 3 nitrogen and oxygen atoms in total. The zero-order chi connectivity index (χ0) is 10.6. The number of benzene rings is 1. The van der Waals surface area contributed by atoms with Crippen LogP contribution in [0, 0.1) is 17.7 Å². The summed E-state index contributed by atoms with van der Waals surface area (Å²) in [5.74, 6) is 3.99. The maximum atomic E-state index is 12.7. The minimum absolute atomic E-state index is 0.0750. The maximum absolute atomic E-state index is 12.7. The van der Waals surface area contributed by atoms with Crippen molar-refractivity contribution in [2.45, 2.75) is 0 Å². The molecule has 1 rings (SSSR count). The maximum Gasteiger partial charge on any atom is 0.250 e. The number of hydrogen-bond donors (Lipinski definition) is 2. The highest BCUT2D eigenvalue weighted by atomic mass is 19.1. The van der Waals surface area contributed by atoms with Gasteiger partial charge >= 0.3 is 0 Å². The lowest BCUT2D eigenvalue weighted by Crippen LogP contribution is -2.13. The van der Waals surface area contributed by atoms with Gasteiger partial charge in [-0.1, -0.05) is 11.8 Å². The van der Waals surface area contributed by atoms with Gasteiger partial charge in [-0.2, -0.15) is 0 Å². The third kappa shape index (κ3) is 2.31. The summed E-state index contributed by atoms with van der Waals surface area (Å²) in [6.07, 6.45) is 0. The lowest BCUT2D eigenvalue weighted by atomic mass is 10.1. The second-order valence-electron chi connectivity index (χ2n) is 2.56. The topological polar surface area (TPSA) is 69.1 Å². The lowest BCUT2D eigenvalue weighted by Gasteiger charge is -1.99. The summed E-state index contributed by atoms with van der Waals surface area (Å²) in [4.78, 5) is 10.9. The molecule has 0 fully saturated rings. The molecule has 4 N–H and O–H groups in total. The Morgan fingerprint density at radius 1 is 1.50 bits per heavy atom. The van der Waals surface area contributed by atoms with Crippen LogP contribution < -0.4 is 11.5 Å². The van der Waals surface area contributed by atoms with Crippen molar-refractivity contribution in [3.63, 3.8) is 0 Å². The molecule has 0 atom stereocenters. The van der Waals surface area contributed by atoms with Gasteiger partial charge < -0.3 is 11.5 Å². The Bertz CT molecular complexity index is 418. The molecule has 0 saturated carbocycles. The molecule has 0 aliphatic heterocycles. The first kappa shape index (κ1) is 10.2. The molecule has 1 aromatic rings. The van der Waals surface area contributed by atoms with Crippen molar-refractivity contribution >= 4 is 5.91 Å². The normalized spacial score (nSPS) is 9.00. The molecule has 0 heterocycles. The van der Waals surface area contributed by atoms with Crippen molar-refractivity contribution in [3.8, 4) is 11.8 Å². The van der Waals surface area contributed by atoms with Gasteiger partial charge in [0.05, 0.1) is 12.1 Å². The van der Waals surface area contributed by atoms with E-state index in [0.717, 1.165) is 6.07 Å². The Morgan fingerprint density at radius 2 is 2.21 bits per heavy atom. The smallest absolute Gasteiger partial charge is 0.250 e. The second-order valence-corrected chi connectivity index (χ2v) is 2.56. The Labute approximate surface area is 80.9 Å². The van der Waals surface area contributed by atoms with E-state index in [9.17, 15) is 9.18 Å². The molecular weight excluding hydrogens is 183 g/mol. The molecule has 72 valence electrons. The summed E-state index contributed by atoms with van der Waals surface area (Å²) in [5, 5.41) is 0. The van der Waals surface area contributed by atoms with Gasteiger partial charge in [0.25, 0.3) is 0 Å². The number of hydrogen-bond acceptors (Lipinski definition) is 2. The first-order valence-corrected chi connectivity index (χ1v) is 3.93. The van der Waals surface area contributed by atoms with E-state index < -0.39 is 11.7 Å². The van der Waals surface area contributed by atoms with E-state index in [2.05, 4.69) is 11.8 Å². The molecule has 4 heteroatoms. The average Bonchev–Trinajstić information content (AvgIpc) is 2.15. The van der Waals surface area contributed by atoms with Crippen molar-refractivity contribution in [1.29, 1.82) is 0 Å². The zero-order valence-electron chi connectivity index (χ0n) is 7.38. The molecule has 1 aromatic carbocycles. The number of nitrogens with two attached hydrogens (primary N) is 2. The van der Waals surface area contributed by atoms with Gasteiger partial charge in [-0.05, 0) is 18.2 Å². The fourth-order valence-electron chi connectivity index (χ4n) is 0.976. The van der Waals surface area contributed by atoms with Crippen molar-refractivity contribution in [3.05, 3.63) is 35.1 Å². The molecule has 0 aliphatic rings. The molecule has 0 bridgehead atoms. The highest BCUT2D eigenvalue weighted by Crippen LogP contribution is 2.09. The molecular formula is C10H9FN2O. The van der Waals surface area contributed by atoms with E-state index in [1.165, 1.54) is 12.1 Å².